The normalized spacial score (nSPS) is 11.3. The number of rotatable bonds is 6. The second kappa shape index (κ2) is 7.19. The minimum absolute atomic E-state index is 0.151. The van der Waals surface area contributed by atoms with Gasteiger partial charge in [-0.1, -0.05) is 12.1 Å². The molecular weight excluding hydrogens is 362 g/mol. The summed E-state index contributed by atoms with van der Waals surface area (Å²) in [5.41, 5.74) is -0.103. The molecule has 1 aromatic heterocycles. The second-order valence-electron chi connectivity index (χ2n) is 5.97. The Kier molecular flexibility index (Phi) is 5.49. The predicted octanol–water partition coefficient (Wildman–Crippen LogP) is 3.46. The molecule has 0 aliphatic rings. The zero-order valence-electron chi connectivity index (χ0n) is 13.4. The number of nitrogens with zero attached hydrogens (tertiary/aromatic N) is 1. The third kappa shape index (κ3) is 4.84. The lowest BCUT2D eigenvalue weighted by Gasteiger charge is -2.22. The van der Waals surface area contributed by atoms with E-state index in [9.17, 15) is 9.90 Å². The Labute approximate surface area is 144 Å². The standard InChI is InChI=1S/C17H20BrNO4/c1-17(2,21)11-23-15-12(6-4-7-13(15)18)10-19(3)16(20)14-8-5-9-22-14/h4-9,21H,10-11H2,1-3H3. The van der Waals surface area contributed by atoms with E-state index >= 15 is 0 Å². The minimum Gasteiger partial charge on any atom is -0.489 e. The van der Waals surface area contributed by atoms with Gasteiger partial charge in [0, 0.05) is 19.2 Å². The fourth-order valence-electron chi connectivity index (χ4n) is 2.00. The molecule has 2 rings (SSSR count). The first-order valence-electron chi connectivity index (χ1n) is 7.19. The first kappa shape index (κ1) is 17.6. The average molecular weight is 382 g/mol. The smallest absolute Gasteiger partial charge is 0.289 e. The van der Waals surface area contributed by atoms with Crippen LogP contribution in [0.25, 0.3) is 0 Å². The first-order chi connectivity index (χ1) is 10.8. The van der Waals surface area contributed by atoms with Crippen molar-refractivity contribution in [2.45, 2.75) is 26.0 Å². The largest absolute Gasteiger partial charge is 0.489 e. The number of halogens is 1. The lowest BCUT2D eigenvalue weighted by Crippen LogP contribution is -2.29. The number of ether oxygens (including phenoxy) is 1. The molecule has 0 unspecified atom stereocenters. The third-order valence-corrected chi connectivity index (χ3v) is 3.73. The Hall–Kier alpha value is -1.79. The van der Waals surface area contributed by atoms with Gasteiger partial charge in [0.2, 0.25) is 0 Å². The third-order valence-electron chi connectivity index (χ3n) is 3.10. The second-order valence-corrected chi connectivity index (χ2v) is 6.82. The molecule has 124 valence electrons. The van der Waals surface area contributed by atoms with Gasteiger partial charge in [-0.05, 0) is 48.0 Å². The number of para-hydroxylation sites is 1. The number of hydrogen-bond acceptors (Lipinski definition) is 4. The van der Waals surface area contributed by atoms with Gasteiger partial charge in [-0.15, -0.1) is 0 Å². The number of furan rings is 1. The minimum atomic E-state index is -0.942. The van der Waals surface area contributed by atoms with Gasteiger partial charge in [-0.2, -0.15) is 0 Å². The number of hydrogen-bond donors (Lipinski definition) is 1. The van der Waals surface area contributed by atoms with Crippen LogP contribution in [0.1, 0.15) is 30.0 Å². The van der Waals surface area contributed by atoms with Crippen molar-refractivity contribution in [1.82, 2.24) is 4.90 Å². The van der Waals surface area contributed by atoms with Gasteiger partial charge in [-0.25, -0.2) is 0 Å². The molecule has 1 heterocycles. The van der Waals surface area contributed by atoms with Crippen molar-refractivity contribution in [3.8, 4) is 5.75 Å². The fourth-order valence-corrected chi connectivity index (χ4v) is 2.53. The molecule has 5 nitrogen and oxygen atoms in total. The maximum atomic E-state index is 12.3. The van der Waals surface area contributed by atoms with E-state index in [1.807, 2.05) is 18.2 Å². The van der Waals surface area contributed by atoms with Gasteiger partial charge in [0.15, 0.2) is 5.76 Å². The molecule has 0 aliphatic carbocycles. The number of benzene rings is 1. The van der Waals surface area contributed by atoms with E-state index in [0.717, 1.165) is 10.0 Å². The summed E-state index contributed by atoms with van der Waals surface area (Å²) in [6.07, 6.45) is 1.47. The number of carbonyl (C=O) groups excluding carboxylic acids is 1. The van der Waals surface area contributed by atoms with E-state index in [1.165, 1.54) is 6.26 Å². The van der Waals surface area contributed by atoms with E-state index in [2.05, 4.69) is 15.9 Å². The Bertz CT molecular complexity index is 662. The fraction of sp³-hybridized carbons (Fsp3) is 0.353. The van der Waals surface area contributed by atoms with Gasteiger partial charge < -0.3 is 19.2 Å². The Balaban J connectivity index is 2.16. The summed E-state index contributed by atoms with van der Waals surface area (Å²) in [4.78, 5) is 13.8. The van der Waals surface area contributed by atoms with Crippen molar-refractivity contribution in [1.29, 1.82) is 0 Å². The van der Waals surface area contributed by atoms with Crippen molar-refractivity contribution >= 4 is 21.8 Å². The molecule has 2 aromatic rings. The molecule has 1 aromatic carbocycles. The van der Waals surface area contributed by atoms with E-state index in [1.54, 1.807) is 37.9 Å². The molecule has 0 atom stereocenters. The van der Waals surface area contributed by atoms with Crippen LogP contribution in [0.5, 0.6) is 5.75 Å². The molecule has 0 radical (unpaired) electrons. The Morgan fingerprint density at radius 1 is 1.35 bits per heavy atom. The van der Waals surface area contributed by atoms with Crippen molar-refractivity contribution in [3.63, 3.8) is 0 Å². The van der Waals surface area contributed by atoms with Crippen LogP contribution in [0.15, 0.2) is 45.5 Å². The summed E-state index contributed by atoms with van der Waals surface area (Å²) in [5.74, 6) is 0.707. The summed E-state index contributed by atoms with van der Waals surface area (Å²) in [5, 5.41) is 9.84. The Morgan fingerprint density at radius 3 is 2.70 bits per heavy atom. The quantitative estimate of drug-likeness (QED) is 0.831. The molecule has 23 heavy (non-hydrogen) atoms. The molecule has 0 spiro atoms. The Morgan fingerprint density at radius 2 is 2.09 bits per heavy atom. The first-order valence-corrected chi connectivity index (χ1v) is 7.99. The summed E-state index contributed by atoms with van der Waals surface area (Å²) in [6.45, 7) is 3.87. The van der Waals surface area contributed by atoms with E-state index in [-0.39, 0.29) is 12.5 Å². The van der Waals surface area contributed by atoms with E-state index in [4.69, 9.17) is 9.15 Å². The van der Waals surface area contributed by atoms with Gasteiger partial charge in [-0.3, -0.25) is 4.79 Å². The molecule has 0 saturated carbocycles. The highest BCUT2D eigenvalue weighted by atomic mass is 79.9. The van der Waals surface area contributed by atoms with Crippen LogP contribution < -0.4 is 4.74 Å². The SMILES string of the molecule is CN(Cc1cccc(Br)c1OCC(C)(C)O)C(=O)c1ccco1. The topological polar surface area (TPSA) is 62.9 Å². The van der Waals surface area contributed by atoms with Crippen LogP contribution >= 0.6 is 15.9 Å². The highest BCUT2D eigenvalue weighted by Gasteiger charge is 2.19. The number of carbonyl (C=O) groups is 1. The van der Waals surface area contributed by atoms with Crippen molar-refractivity contribution in [3.05, 3.63) is 52.4 Å². The van der Waals surface area contributed by atoms with Gasteiger partial charge >= 0.3 is 0 Å². The molecule has 1 amide bonds. The van der Waals surface area contributed by atoms with Crippen LogP contribution in [0.4, 0.5) is 0 Å². The molecular formula is C17H20BrNO4. The molecule has 0 aliphatic heterocycles. The van der Waals surface area contributed by atoms with Crippen molar-refractivity contribution in [2.24, 2.45) is 0 Å². The zero-order valence-corrected chi connectivity index (χ0v) is 15.0. The van der Waals surface area contributed by atoms with Crippen LogP contribution in [-0.4, -0.2) is 35.2 Å². The zero-order chi connectivity index (χ0) is 17.0. The average Bonchev–Trinajstić information content (AvgIpc) is 2.98. The van der Waals surface area contributed by atoms with E-state index in [0.29, 0.717) is 18.1 Å². The van der Waals surface area contributed by atoms with Gasteiger partial charge in [0.05, 0.1) is 16.3 Å². The summed E-state index contributed by atoms with van der Waals surface area (Å²) in [7, 11) is 1.70. The molecule has 0 bridgehead atoms. The monoisotopic (exact) mass is 381 g/mol. The molecule has 1 N–H and O–H groups in total. The summed E-state index contributed by atoms with van der Waals surface area (Å²) in [6, 6.07) is 8.93. The summed E-state index contributed by atoms with van der Waals surface area (Å²) < 4.78 is 11.7. The number of aliphatic hydroxyl groups is 1. The highest BCUT2D eigenvalue weighted by Crippen LogP contribution is 2.30. The van der Waals surface area contributed by atoms with Crippen molar-refractivity contribution in [2.75, 3.05) is 13.7 Å². The van der Waals surface area contributed by atoms with E-state index < -0.39 is 5.60 Å². The van der Waals surface area contributed by atoms with Gasteiger partial charge in [0.25, 0.3) is 5.91 Å². The van der Waals surface area contributed by atoms with Crippen LogP contribution in [-0.2, 0) is 6.54 Å². The maximum Gasteiger partial charge on any atom is 0.289 e. The molecule has 0 fully saturated rings. The van der Waals surface area contributed by atoms with Gasteiger partial charge in [0.1, 0.15) is 12.4 Å². The lowest BCUT2D eigenvalue weighted by molar-refractivity contribution is 0.0276. The molecule has 0 saturated heterocycles. The lowest BCUT2D eigenvalue weighted by atomic mass is 10.1. The maximum absolute atomic E-state index is 12.3. The molecule has 6 heteroatoms. The number of amides is 1. The highest BCUT2D eigenvalue weighted by molar-refractivity contribution is 9.10. The van der Waals surface area contributed by atoms with Crippen LogP contribution in [0.3, 0.4) is 0 Å². The summed E-state index contributed by atoms with van der Waals surface area (Å²) >= 11 is 3.45. The predicted molar refractivity (Wildman–Crippen MR) is 90.4 cm³/mol. The van der Waals surface area contributed by atoms with Crippen LogP contribution in [0.2, 0.25) is 0 Å². The van der Waals surface area contributed by atoms with Crippen molar-refractivity contribution < 1.29 is 19.1 Å². The van der Waals surface area contributed by atoms with Crippen LogP contribution in [0, 0.1) is 0 Å².